The van der Waals surface area contributed by atoms with Crippen molar-refractivity contribution in [2.45, 2.75) is 0 Å². The van der Waals surface area contributed by atoms with Gasteiger partial charge in [-0.05, 0) is 55.6 Å². The van der Waals surface area contributed by atoms with Crippen molar-refractivity contribution in [1.82, 2.24) is 4.90 Å². The van der Waals surface area contributed by atoms with Crippen molar-refractivity contribution in [3.8, 4) is 23.0 Å². The number of benzene rings is 4. The first-order valence-corrected chi connectivity index (χ1v) is 13.3. The highest BCUT2D eigenvalue weighted by atomic mass is 16.5. The van der Waals surface area contributed by atoms with Gasteiger partial charge < -0.3 is 29.9 Å². The minimum absolute atomic E-state index is 0.0564. The number of likely N-dealkylation sites (N-methyl/N-ethyl adjacent to an activating group) is 1. The van der Waals surface area contributed by atoms with Crippen molar-refractivity contribution in [3.05, 3.63) is 96.1 Å². The number of carbonyl (C=O) groups is 2. The number of hydrogen-bond acceptors (Lipinski definition) is 13. The largest absolute Gasteiger partial charge is 0.508 e. The molecule has 0 aliphatic carbocycles. The summed E-state index contributed by atoms with van der Waals surface area (Å²) < 4.78 is 10.8. The summed E-state index contributed by atoms with van der Waals surface area (Å²) in [6, 6.07) is 20.7. The van der Waals surface area contributed by atoms with E-state index in [4.69, 9.17) is 9.47 Å². The van der Waals surface area contributed by atoms with E-state index in [1.54, 1.807) is 55.6 Å². The Morgan fingerprint density at radius 3 is 1.39 bits per heavy atom. The number of esters is 2. The molecule has 0 saturated heterocycles. The van der Waals surface area contributed by atoms with Crippen LogP contribution >= 0.6 is 0 Å². The van der Waals surface area contributed by atoms with E-state index in [1.807, 2.05) is 4.90 Å². The van der Waals surface area contributed by atoms with Gasteiger partial charge in [0.1, 0.15) is 59.0 Å². The van der Waals surface area contributed by atoms with E-state index in [0.717, 1.165) is 12.1 Å². The number of azo groups is 2. The fourth-order valence-electron chi connectivity index (χ4n) is 3.73. The fourth-order valence-corrected chi connectivity index (χ4v) is 3.73. The third-order valence-electron chi connectivity index (χ3n) is 6.11. The lowest BCUT2D eigenvalue weighted by atomic mass is 10.2. The third kappa shape index (κ3) is 8.59. The standard InChI is InChI=1S/C31H29N5O8/c1-36(14-16-43-30(41)22-6-2-4-8-24(22)32-34-26-12-10-20(37)18-28(26)39)15-17-44-31(42)23-7-3-5-9-25(23)33-35-27-13-11-21(38)19-29(27)40/h2-13,18-19,37-40H,14-17H2,1H3. The first-order chi connectivity index (χ1) is 21.2. The van der Waals surface area contributed by atoms with Gasteiger partial charge in [0, 0.05) is 25.2 Å². The topological polar surface area (TPSA) is 186 Å². The molecule has 13 heteroatoms. The van der Waals surface area contributed by atoms with Crippen LogP contribution in [0.5, 0.6) is 23.0 Å². The zero-order chi connectivity index (χ0) is 31.5. The average Bonchev–Trinajstić information content (AvgIpc) is 3.00. The monoisotopic (exact) mass is 599 g/mol. The molecule has 0 aliphatic rings. The number of carbonyl (C=O) groups excluding carboxylic acids is 2. The Bertz CT molecular complexity index is 1570. The normalized spacial score (nSPS) is 11.3. The molecule has 0 heterocycles. The molecule has 0 aromatic heterocycles. The first kappa shape index (κ1) is 31.1. The van der Waals surface area contributed by atoms with Crippen molar-refractivity contribution < 1.29 is 39.5 Å². The van der Waals surface area contributed by atoms with Crippen molar-refractivity contribution in [2.75, 3.05) is 33.4 Å². The molecule has 4 rings (SSSR count). The molecule has 0 atom stereocenters. The minimum Gasteiger partial charge on any atom is -0.508 e. The van der Waals surface area contributed by atoms with Crippen LogP contribution in [-0.2, 0) is 9.47 Å². The summed E-state index contributed by atoms with van der Waals surface area (Å²) >= 11 is 0. The van der Waals surface area contributed by atoms with Gasteiger partial charge in [-0.25, -0.2) is 9.59 Å². The van der Waals surface area contributed by atoms with Crippen LogP contribution in [0.4, 0.5) is 22.7 Å². The Kier molecular flexibility index (Phi) is 10.5. The van der Waals surface area contributed by atoms with Gasteiger partial charge in [-0.3, -0.25) is 4.90 Å². The highest BCUT2D eigenvalue weighted by Gasteiger charge is 2.15. The molecule has 0 radical (unpaired) electrons. The second-order valence-electron chi connectivity index (χ2n) is 9.36. The van der Waals surface area contributed by atoms with Gasteiger partial charge in [0.15, 0.2) is 0 Å². The molecule has 0 aliphatic heterocycles. The Morgan fingerprint density at radius 1 is 0.591 bits per heavy atom. The number of hydrogen-bond donors (Lipinski definition) is 4. The molecule has 0 spiro atoms. The Labute approximate surface area is 252 Å². The molecule has 4 aromatic carbocycles. The maximum Gasteiger partial charge on any atom is 0.340 e. The highest BCUT2D eigenvalue weighted by Crippen LogP contribution is 2.33. The van der Waals surface area contributed by atoms with Crippen molar-refractivity contribution in [2.24, 2.45) is 20.5 Å². The van der Waals surface area contributed by atoms with Gasteiger partial charge in [-0.1, -0.05) is 24.3 Å². The van der Waals surface area contributed by atoms with Gasteiger partial charge in [0.25, 0.3) is 0 Å². The number of nitrogens with zero attached hydrogens (tertiary/aromatic N) is 5. The predicted octanol–water partition coefficient (Wildman–Crippen LogP) is 6.29. The number of aromatic hydroxyl groups is 4. The fraction of sp³-hybridized carbons (Fsp3) is 0.161. The third-order valence-corrected chi connectivity index (χ3v) is 6.11. The van der Waals surface area contributed by atoms with Crippen LogP contribution in [0.15, 0.2) is 105 Å². The van der Waals surface area contributed by atoms with Crippen LogP contribution in [0.1, 0.15) is 20.7 Å². The smallest absolute Gasteiger partial charge is 0.340 e. The minimum atomic E-state index is -0.610. The van der Waals surface area contributed by atoms with E-state index in [-0.39, 0.29) is 70.1 Å². The van der Waals surface area contributed by atoms with E-state index in [1.165, 1.54) is 24.3 Å². The Morgan fingerprint density at radius 2 is 0.977 bits per heavy atom. The number of ether oxygens (including phenoxy) is 2. The molecule has 0 unspecified atom stereocenters. The van der Waals surface area contributed by atoms with Crippen LogP contribution in [0.2, 0.25) is 0 Å². The van der Waals surface area contributed by atoms with Crippen LogP contribution in [0.25, 0.3) is 0 Å². The molecule has 0 amide bonds. The van der Waals surface area contributed by atoms with Gasteiger partial charge in [-0.15, -0.1) is 20.5 Å². The summed E-state index contributed by atoms with van der Waals surface area (Å²) in [5, 5.41) is 54.6. The molecule has 4 aromatic rings. The summed E-state index contributed by atoms with van der Waals surface area (Å²) in [6.07, 6.45) is 0. The number of phenolic OH excluding ortho intramolecular Hbond substituents is 4. The van der Waals surface area contributed by atoms with Gasteiger partial charge in [0.05, 0.1) is 11.1 Å². The van der Waals surface area contributed by atoms with E-state index in [0.29, 0.717) is 13.1 Å². The quantitative estimate of drug-likeness (QED) is 0.107. The molecule has 226 valence electrons. The lowest BCUT2D eigenvalue weighted by molar-refractivity contribution is 0.0420. The average molecular weight is 600 g/mol. The van der Waals surface area contributed by atoms with Crippen molar-refractivity contribution in [1.29, 1.82) is 0 Å². The SMILES string of the molecule is CN(CCOC(=O)c1ccccc1N=Nc1ccc(O)cc1O)CCOC(=O)c1ccccc1N=Nc1ccc(O)cc1O. The van der Waals surface area contributed by atoms with E-state index >= 15 is 0 Å². The maximum absolute atomic E-state index is 12.7. The molecular formula is C31H29N5O8. The number of rotatable bonds is 12. The zero-order valence-electron chi connectivity index (χ0n) is 23.6. The first-order valence-electron chi connectivity index (χ1n) is 13.3. The summed E-state index contributed by atoms with van der Waals surface area (Å²) in [5.41, 5.74) is 1.09. The molecular weight excluding hydrogens is 570 g/mol. The Hall–Kier alpha value is -5.82. The van der Waals surface area contributed by atoms with Crippen molar-refractivity contribution >= 4 is 34.7 Å². The molecule has 13 nitrogen and oxygen atoms in total. The van der Waals surface area contributed by atoms with Crippen LogP contribution in [-0.4, -0.2) is 70.6 Å². The van der Waals surface area contributed by atoms with Crippen LogP contribution in [0, 0.1) is 0 Å². The lowest BCUT2D eigenvalue weighted by Gasteiger charge is -2.16. The summed E-state index contributed by atoms with van der Waals surface area (Å²) in [5.74, 6) is -1.98. The zero-order valence-corrected chi connectivity index (χ0v) is 23.6. The molecule has 0 fully saturated rings. The van der Waals surface area contributed by atoms with Gasteiger partial charge >= 0.3 is 11.9 Å². The lowest BCUT2D eigenvalue weighted by Crippen LogP contribution is -2.28. The van der Waals surface area contributed by atoms with Crippen LogP contribution < -0.4 is 0 Å². The highest BCUT2D eigenvalue weighted by molar-refractivity contribution is 5.95. The molecule has 0 saturated carbocycles. The predicted molar refractivity (Wildman–Crippen MR) is 159 cm³/mol. The van der Waals surface area contributed by atoms with E-state index < -0.39 is 11.9 Å². The maximum atomic E-state index is 12.7. The Balaban J connectivity index is 1.25. The summed E-state index contributed by atoms with van der Waals surface area (Å²) in [6.45, 7) is 0.826. The van der Waals surface area contributed by atoms with E-state index in [9.17, 15) is 30.0 Å². The number of phenols is 4. The van der Waals surface area contributed by atoms with Crippen LogP contribution in [0.3, 0.4) is 0 Å². The summed E-state index contributed by atoms with van der Waals surface area (Å²) in [4.78, 5) is 27.2. The molecule has 44 heavy (non-hydrogen) atoms. The second-order valence-corrected chi connectivity index (χ2v) is 9.36. The van der Waals surface area contributed by atoms with E-state index in [2.05, 4.69) is 20.5 Å². The summed E-state index contributed by atoms with van der Waals surface area (Å²) in [7, 11) is 1.78. The second kappa shape index (κ2) is 14.9. The van der Waals surface area contributed by atoms with Gasteiger partial charge in [-0.2, -0.15) is 0 Å². The van der Waals surface area contributed by atoms with Gasteiger partial charge in [0.2, 0.25) is 0 Å². The van der Waals surface area contributed by atoms with Crippen molar-refractivity contribution in [3.63, 3.8) is 0 Å². The molecule has 4 N–H and O–H groups in total. The molecule has 0 bridgehead atoms.